The van der Waals surface area contributed by atoms with Gasteiger partial charge in [0.05, 0.1) is 4.90 Å². The molecule has 0 amide bonds. The summed E-state index contributed by atoms with van der Waals surface area (Å²) in [5, 5.41) is 0. The van der Waals surface area contributed by atoms with Crippen LogP contribution in [0.25, 0.3) is 0 Å². The fourth-order valence-electron chi connectivity index (χ4n) is 3.28. The van der Waals surface area contributed by atoms with E-state index in [1.807, 2.05) is 0 Å². The Morgan fingerprint density at radius 3 is 2.37 bits per heavy atom. The van der Waals surface area contributed by atoms with Gasteiger partial charge in [-0.05, 0) is 41.5 Å². The van der Waals surface area contributed by atoms with Crippen LogP contribution in [0, 0.1) is 5.82 Å². The molecule has 1 unspecified atom stereocenters. The largest absolute Gasteiger partial charge is 0.318 e. The molecule has 1 aromatic heterocycles. The number of benzene rings is 2. The van der Waals surface area contributed by atoms with E-state index in [-0.39, 0.29) is 22.7 Å². The highest BCUT2D eigenvalue weighted by molar-refractivity contribution is 9.10. The topological polar surface area (TPSA) is 73.2 Å². The second kappa shape index (κ2) is 8.65. The van der Waals surface area contributed by atoms with Crippen LogP contribution in [0.3, 0.4) is 0 Å². The van der Waals surface area contributed by atoms with E-state index in [9.17, 15) is 22.4 Å². The highest BCUT2D eigenvalue weighted by Gasteiger charge is 2.26. The summed E-state index contributed by atoms with van der Waals surface area (Å²) in [6, 6.07) is 13.5. The van der Waals surface area contributed by atoms with Gasteiger partial charge in [-0.3, -0.25) is 9.59 Å². The lowest BCUT2D eigenvalue weighted by molar-refractivity contribution is 0.0976. The third-order valence-electron chi connectivity index (χ3n) is 4.82. The lowest BCUT2D eigenvalue weighted by atomic mass is 9.86. The van der Waals surface area contributed by atoms with Crippen molar-refractivity contribution in [3.63, 3.8) is 0 Å². The van der Waals surface area contributed by atoms with Gasteiger partial charge in [-0.25, -0.2) is 12.8 Å². The first-order valence-electron chi connectivity index (χ1n) is 9.01. The molecule has 0 spiro atoms. The number of aryl methyl sites for hydroxylation is 1. The summed E-state index contributed by atoms with van der Waals surface area (Å²) in [5.41, 5.74) is 1.16. The lowest BCUT2D eigenvalue weighted by Gasteiger charge is -2.20. The van der Waals surface area contributed by atoms with Gasteiger partial charge in [-0.1, -0.05) is 34.1 Å². The highest BCUT2D eigenvalue weighted by Crippen LogP contribution is 2.34. The van der Waals surface area contributed by atoms with Crippen LogP contribution in [0.1, 0.15) is 33.8 Å². The zero-order valence-corrected chi connectivity index (χ0v) is 18.7. The molecule has 0 saturated carbocycles. The first-order valence-corrected chi connectivity index (χ1v) is 11.7. The first kappa shape index (κ1) is 22.1. The SMILES string of the molecule is Cn1cc(C(=O)CC(c2ccc(Br)cc2)c2ccc(F)cc2S(C)(=O)=O)ccc1=O. The number of Topliss-reactive ketones (excluding diaryl/α,β-unsaturated/α-hetero) is 1. The molecular formula is C22H19BrFNO4S. The summed E-state index contributed by atoms with van der Waals surface area (Å²) >= 11 is 3.36. The molecule has 3 rings (SSSR count). The van der Waals surface area contributed by atoms with E-state index in [2.05, 4.69) is 15.9 Å². The predicted octanol–water partition coefficient (Wildman–Crippen LogP) is 4.10. The van der Waals surface area contributed by atoms with Crippen LogP contribution in [-0.2, 0) is 16.9 Å². The fourth-order valence-corrected chi connectivity index (χ4v) is 4.51. The minimum Gasteiger partial charge on any atom is -0.318 e. The Hall–Kier alpha value is -2.58. The Labute approximate surface area is 182 Å². The average molecular weight is 492 g/mol. The number of carbonyl (C=O) groups is 1. The summed E-state index contributed by atoms with van der Waals surface area (Å²) in [6.45, 7) is 0. The molecule has 0 saturated heterocycles. The summed E-state index contributed by atoms with van der Waals surface area (Å²) in [6.07, 6.45) is 2.41. The summed E-state index contributed by atoms with van der Waals surface area (Å²) < 4.78 is 40.6. The minimum absolute atomic E-state index is 0.0476. The number of carbonyl (C=O) groups excluding carboxylic acids is 1. The van der Waals surface area contributed by atoms with E-state index in [1.165, 1.54) is 35.0 Å². The molecule has 156 valence electrons. The molecule has 0 aliphatic rings. The molecule has 30 heavy (non-hydrogen) atoms. The number of hydrogen-bond donors (Lipinski definition) is 0. The Bertz CT molecular complexity index is 1270. The molecule has 0 fully saturated rings. The van der Waals surface area contributed by atoms with Crippen molar-refractivity contribution in [1.82, 2.24) is 4.57 Å². The number of hydrogen-bond acceptors (Lipinski definition) is 4. The van der Waals surface area contributed by atoms with Crippen LogP contribution < -0.4 is 5.56 Å². The van der Waals surface area contributed by atoms with Crippen molar-refractivity contribution < 1.29 is 17.6 Å². The number of ketones is 1. The molecule has 3 aromatic rings. The number of halogens is 2. The van der Waals surface area contributed by atoms with Crippen LogP contribution in [0.2, 0.25) is 0 Å². The van der Waals surface area contributed by atoms with Crippen LogP contribution in [0.15, 0.2) is 75.0 Å². The standard InChI is InChI=1S/C22H19BrFNO4S/c1-25-13-15(5-10-22(25)27)20(26)12-19(14-3-6-16(23)7-4-14)18-9-8-17(24)11-21(18)30(2,28)29/h3-11,13,19H,12H2,1-2H3. The Kier molecular flexibility index (Phi) is 6.38. The van der Waals surface area contributed by atoms with Gasteiger partial charge in [-0.15, -0.1) is 0 Å². The van der Waals surface area contributed by atoms with Gasteiger partial charge in [0.2, 0.25) is 5.56 Å². The third kappa shape index (κ3) is 4.94. The maximum atomic E-state index is 13.8. The van der Waals surface area contributed by atoms with Gasteiger partial charge in [0.25, 0.3) is 0 Å². The molecule has 0 N–H and O–H groups in total. The van der Waals surface area contributed by atoms with Crippen LogP contribution in [-0.4, -0.2) is 25.0 Å². The van der Waals surface area contributed by atoms with Gasteiger partial charge >= 0.3 is 0 Å². The number of rotatable bonds is 6. The lowest BCUT2D eigenvalue weighted by Crippen LogP contribution is -2.18. The fraction of sp³-hybridized carbons (Fsp3) is 0.182. The van der Waals surface area contributed by atoms with E-state index in [0.717, 1.165) is 16.8 Å². The summed E-state index contributed by atoms with van der Waals surface area (Å²) in [7, 11) is -2.19. The molecular weight excluding hydrogens is 473 g/mol. The molecule has 0 aliphatic carbocycles. The van der Waals surface area contributed by atoms with Gasteiger partial charge in [-0.2, -0.15) is 0 Å². The number of nitrogens with zero attached hydrogens (tertiary/aromatic N) is 1. The average Bonchev–Trinajstić information content (AvgIpc) is 2.68. The molecule has 1 atom stereocenters. The molecule has 2 aromatic carbocycles. The highest BCUT2D eigenvalue weighted by atomic mass is 79.9. The van der Waals surface area contributed by atoms with Gasteiger partial charge in [0, 0.05) is 47.9 Å². The number of sulfone groups is 1. The van der Waals surface area contributed by atoms with Crippen molar-refractivity contribution >= 4 is 31.6 Å². The quantitative estimate of drug-likeness (QED) is 0.486. The second-order valence-corrected chi connectivity index (χ2v) is 9.95. The van der Waals surface area contributed by atoms with Crippen molar-refractivity contribution in [2.75, 3.05) is 6.26 Å². The molecule has 1 heterocycles. The Morgan fingerprint density at radius 2 is 1.77 bits per heavy atom. The predicted molar refractivity (Wildman–Crippen MR) is 116 cm³/mol. The van der Waals surface area contributed by atoms with E-state index in [4.69, 9.17) is 0 Å². The molecule has 8 heteroatoms. The molecule has 0 aliphatic heterocycles. The van der Waals surface area contributed by atoms with Gasteiger partial charge in [0.1, 0.15) is 5.82 Å². The smallest absolute Gasteiger partial charge is 0.250 e. The van der Waals surface area contributed by atoms with E-state index in [0.29, 0.717) is 16.7 Å². The minimum atomic E-state index is -3.74. The van der Waals surface area contributed by atoms with E-state index >= 15 is 0 Å². The van der Waals surface area contributed by atoms with Crippen LogP contribution >= 0.6 is 15.9 Å². The normalized spacial score (nSPS) is 12.5. The first-order chi connectivity index (χ1) is 14.1. The Morgan fingerprint density at radius 1 is 1.10 bits per heavy atom. The van der Waals surface area contributed by atoms with Gasteiger partial charge < -0.3 is 4.57 Å². The van der Waals surface area contributed by atoms with Crippen molar-refractivity contribution in [3.05, 3.63) is 98.1 Å². The molecule has 0 radical (unpaired) electrons. The zero-order chi connectivity index (χ0) is 22.1. The molecule has 0 bridgehead atoms. The monoisotopic (exact) mass is 491 g/mol. The summed E-state index contributed by atoms with van der Waals surface area (Å²) in [5.74, 6) is -1.55. The van der Waals surface area contributed by atoms with Crippen molar-refractivity contribution in [2.24, 2.45) is 7.05 Å². The maximum Gasteiger partial charge on any atom is 0.250 e. The van der Waals surface area contributed by atoms with Crippen molar-refractivity contribution in [1.29, 1.82) is 0 Å². The number of pyridine rings is 1. The van der Waals surface area contributed by atoms with Crippen LogP contribution in [0.4, 0.5) is 4.39 Å². The molecule has 5 nitrogen and oxygen atoms in total. The van der Waals surface area contributed by atoms with E-state index < -0.39 is 21.6 Å². The zero-order valence-electron chi connectivity index (χ0n) is 16.3. The Balaban J connectivity index is 2.13. The second-order valence-electron chi connectivity index (χ2n) is 7.05. The van der Waals surface area contributed by atoms with Crippen LogP contribution in [0.5, 0.6) is 0 Å². The number of aromatic nitrogens is 1. The maximum absolute atomic E-state index is 13.8. The van der Waals surface area contributed by atoms with Crippen molar-refractivity contribution in [2.45, 2.75) is 17.2 Å². The van der Waals surface area contributed by atoms with Crippen molar-refractivity contribution in [3.8, 4) is 0 Å². The third-order valence-corrected chi connectivity index (χ3v) is 6.50. The van der Waals surface area contributed by atoms with E-state index in [1.54, 1.807) is 31.3 Å². The summed E-state index contributed by atoms with van der Waals surface area (Å²) in [4.78, 5) is 24.5. The van der Waals surface area contributed by atoms with Gasteiger partial charge in [0.15, 0.2) is 15.6 Å².